The molecule has 1 aliphatic heterocycles. The second kappa shape index (κ2) is 9.31. The fourth-order valence-electron chi connectivity index (χ4n) is 3.83. The number of aliphatic hydroxyl groups excluding tert-OH is 3. The molecule has 1 aromatic heterocycles. The van der Waals surface area contributed by atoms with Crippen LogP contribution in [0.2, 0.25) is 0 Å². The number of aromatic nitrogens is 3. The van der Waals surface area contributed by atoms with Crippen LogP contribution >= 0.6 is 12.2 Å². The SMILES string of the molecule is CC(=O)NC1C(O)C(O)C(CO)OC1n1nc(-c2ccccc2)n(-c2ccccc2)c1=S. The first-order chi connectivity index (χ1) is 15.4. The molecule has 4 rings (SSSR count). The molecule has 1 saturated heterocycles. The van der Waals surface area contributed by atoms with Crippen molar-refractivity contribution in [2.24, 2.45) is 0 Å². The maximum atomic E-state index is 11.8. The number of carbonyl (C=O) groups excluding carboxylic acids is 1. The Hall–Kier alpha value is -2.89. The topological polar surface area (TPSA) is 122 Å². The van der Waals surface area contributed by atoms with Crippen molar-refractivity contribution in [2.45, 2.75) is 37.5 Å². The van der Waals surface area contributed by atoms with Gasteiger partial charge in [-0.2, -0.15) is 0 Å². The van der Waals surface area contributed by atoms with E-state index in [1.165, 1.54) is 11.6 Å². The molecule has 2 aromatic carbocycles. The van der Waals surface area contributed by atoms with Crippen LogP contribution in [0.3, 0.4) is 0 Å². The van der Waals surface area contributed by atoms with Gasteiger partial charge in [-0.05, 0) is 24.4 Å². The predicted octanol–water partition coefficient (Wildman–Crippen LogP) is 1.19. The number of benzene rings is 2. The fraction of sp³-hybridized carbons (Fsp3) is 0.318. The van der Waals surface area contributed by atoms with Gasteiger partial charge < -0.3 is 25.4 Å². The van der Waals surface area contributed by atoms with Crippen molar-refractivity contribution in [3.8, 4) is 17.1 Å². The molecule has 32 heavy (non-hydrogen) atoms. The third-order valence-corrected chi connectivity index (χ3v) is 5.73. The van der Waals surface area contributed by atoms with Crippen molar-refractivity contribution in [2.75, 3.05) is 6.61 Å². The van der Waals surface area contributed by atoms with Crippen LogP contribution < -0.4 is 5.32 Å². The van der Waals surface area contributed by atoms with Crippen molar-refractivity contribution in [1.82, 2.24) is 19.7 Å². The van der Waals surface area contributed by atoms with Crippen LogP contribution in [0, 0.1) is 4.77 Å². The summed E-state index contributed by atoms with van der Waals surface area (Å²) in [4.78, 5) is 11.8. The maximum absolute atomic E-state index is 11.8. The first-order valence-electron chi connectivity index (χ1n) is 10.1. The van der Waals surface area contributed by atoms with Crippen molar-refractivity contribution < 1.29 is 24.9 Å². The number of hydrogen-bond acceptors (Lipinski definition) is 7. The highest BCUT2D eigenvalue weighted by Crippen LogP contribution is 2.31. The van der Waals surface area contributed by atoms with Gasteiger partial charge in [-0.1, -0.05) is 48.5 Å². The summed E-state index contributed by atoms with van der Waals surface area (Å²) in [6, 6.07) is 17.8. The van der Waals surface area contributed by atoms with E-state index in [-0.39, 0.29) is 4.77 Å². The third kappa shape index (κ3) is 4.10. The van der Waals surface area contributed by atoms with Crippen molar-refractivity contribution in [3.05, 3.63) is 65.4 Å². The second-order valence-electron chi connectivity index (χ2n) is 7.54. The van der Waals surface area contributed by atoms with E-state index in [1.54, 1.807) is 4.57 Å². The van der Waals surface area contributed by atoms with Gasteiger partial charge >= 0.3 is 0 Å². The van der Waals surface area contributed by atoms with Crippen LogP contribution in [0.25, 0.3) is 17.1 Å². The molecule has 2 heterocycles. The van der Waals surface area contributed by atoms with Crippen molar-refractivity contribution >= 4 is 18.1 Å². The highest BCUT2D eigenvalue weighted by atomic mass is 32.1. The molecule has 4 N–H and O–H groups in total. The average molecular weight is 457 g/mol. The van der Waals surface area contributed by atoms with Gasteiger partial charge in [-0.25, -0.2) is 4.68 Å². The van der Waals surface area contributed by atoms with Gasteiger partial charge in [0, 0.05) is 18.2 Å². The summed E-state index contributed by atoms with van der Waals surface area (Å²) in [5, 5.41) is 38.0. The summed E-state index contributed by atoms with van der Waals surface area (Å²) in [5.74, 6) is 0.114. The van der Waals surface area contributed by atoms with E-state index in [2.05, 4.69) is 5.32 Å². The van der Waals surface area contributed by atoms with Gasteiger partial charge in [0.2, 0.25) is 10.7 Å². The monoisotopic (exact) mass is 456 g/mol. The summed E-state index contributed by atoms with van der Waals surface area (Å²) in [6.07, 6.45) is -4.94. The van der Waals surface area contributed by atoms with Gasteiger partial charge in [-0.3, -0.25) is 9.36 Å². The minimum atomic E-state index is -1.40. The Balaban J connectivity index is 1.89. The molecule has 5 atom stereocenters. The zero-order valence-electron chi connectivity index (χ0n) is 17.3. The van der Waals surface area contributed by atoms with Crippen LogP contribution in [0.5, 0.6) is 0 Å². The zero-order chi connectivity index (χ0) is 22.8. The van der Waals surface area contributed by atoms with Crippen LogP contribution in [-0.2, 0) is 9.53 Å². The van der Waals surface area contributed by atoms with Gasteiger partial charge in [0.15, 0.2) is 12.1 Å². The number of carbonyl (C=O) groups is 1. The van der Waals surface area contributed by atoms with E-state index in [9.17, 15) is 20.1 Å². The first-order valence-corrected chi connectivity index (χ1v) is 10.5. The standard InChI is InChI=1S/C22H24N4O5S/c1-13(28)23-17-19(30)18(29)16(12-27)31-21(17)26-22(32)25(15-10-6-3-7-11-15)20(24-26)14-8-4-2-5-9-14/h2-11,16-19,21,27,29-30H,12H2,1H3,(H,23,28). The van der Waals surface area contributed by atoms with Crippen LogP contribution in [0.1, 0.15) is 13.2 Å². The molecule has 0 spiro atoms. The van der Waals surface area contributed by atoms with Crippen molar-refractivity contribution in [3.63, 3.8) is 0 Å². The maximum Gasteiger partial charge on any atom is 0.217 e. The van der Waals surface area contributed by atoms with E-state index < -0.39 is 43.1 Å². The Bertz CT molecular complexity index is 1130. The molecule has 0 aliphatic carbocycles. The molecule has 1 amide bonds. The number of nitrogens with one attached hydrogen (secondary N) is 1. The molecule has 9 nitrogen and oxygen atoms in total. The highest BCUT2D eigenvalue weighted by Gasteiger charge is 2.46. The number of amides is 1. The summed E-state index contributed by atoms with van der Waals surface area (Å²) in [5.41, 5.74) is 1.57. The summed E-state index contributed by atoms with van der Waals surface area (Å²) >= 11 is 5.75. The normalized spacial score (nSPS) is 25.4. The number of rotatable bonds is 5. The number of para-hydroxylation sites is 1. The molecule has 0 saturated carbocycles. The summed E-state index contributed by atoms with van der Waals surface area (Å²) in [7, 11) is 0. The van der Waals surface area contributed by atoms with Crippen LogP contribution in [0.15, 0.2) is 60.7 Å². The Kier molecular flexibility index (Phi) is 6.49. The lowest BCUT2D eigenvalue weighted by atomic mass is 9.96. The van der Waals surface area contributed by atoms with E-state index in [1.807, 2.05) is 60.7 Å². The van der Waals surface area contributed by atoms with Gasteiger partial charge in [-0.15, -0.1) is 5.10 Å². The lowest BCUT2D eigenvalue weighted by Crippen LogP contribution is -2.62. The lowest BCUT2D eigenvalue weighted by Gasteiger charge is -2.42. The quantitative estimate of drug-likeness (QED) is 0.426. The molecular formula is C22H24N4O5S. The molecular weight excluding hydrogens is 432 g/mol. The van der Waals surface area contributed by atoms with Gasteiger partial charge in [0.1, 0.15) is 24.4 Å². The highest BCUT2D eigenvalue weighted by molar-refractivity contribution is 7.71. The Morgan fingerprint density at radius 2 is 1.72 bits per heavy atom. The molecule has 3 aromatic rings. The predicted molar refractivity (Wildman–Crippen MR) is 118 cm³/mol. The Morgan fingerprint density at radius 3 is 2.31 bits per heavy atom. The van der Waals surface area contributed by atoms with Crippen LogP contribution in [-0.4, -0.2) is 66.5 Å². The molecule has 1 fully saturated rings. The summed E-state index contributed by atoms with van der Waals surface area (Å²) < 4.78 is 9.30. The van der Waals surface area contributed by atoms with Gasteiger partial charge in [0.25, 0.3) is 0 Å². The van der Waals surface area contributed by atoms with E-state index in [4.69, 9.17) is 22.1 Å². The number of nitrogens with zero attached hydrogens (tertiary/aromatic N) is 3. The third-order valence-electron chi connectivity index (χ3n) is 5.36. The minimum absolute atomic E-state index is 0.260. The van der Waals surface area contributed by atoms with Crippen LogP contribution in [0.4, 0.5) is 0 Å². The minimum Gasteiger partial charge on any atom is -0.394 e. The van der Waals surface area contributed by atoms with Crippen molar-refractivity contribution in [1.29, 1.82) is 0 Å². The molecule has 168 valence electrons. The van der Waals surface area contributed by atoms with Gasteiger partial charge in [0.05, 0.1) is 6.61 Å². The number of hydrogen-bond donors (Lipinski definition) is 4. The Morgan fingerprint density at radius 1 is 1.09 bits per heavy atom. The smallest absolute Gasteiger partial charge is 0.217 e. The fourth-order valence-corrected chi connectivity index (χ4v) is 4.17. The number of aliphatic hydroxyl groups is 3. The molecule has 10 heteroatoms. The molecule has 1 aliphatic rings. The van der Waals surface area contributed by atoms with E-state index in [0.29, 0.717) is 5.82 Å². The average Bonchev–Trinajstić information content (AvgIpc) is 3.15. The first kappa shape index (κ1) is 22.3. The lowest BCUT2D eigenvalue weighted by molar-refractivity contribution is -0.219. The van der Waals surface area contributed by atoms with E-state index >= 15 is 0 Å². The summed E-state index contributed by atoms with van der Waals surface area (Å²) in [6.45, 7) is 0.769. The largest absolute Gasteiger partial charge is 0.394 e. The van der Waals surface area contributed by atoms with E-state index in [0.717, 1.165) is 11.3 Å². The Labute approximate surface area is 189 Å². The zero-order valence-corrected chi connectivity index (χ0v) is 18.1. The second-order valence-corrected chi connectivity index (χ2v) is 7.91. The molecule has 0 bridgehead atoms. The number of ether oxygens (including phenoxy) is 1. The molecule has 0 radical (unpaired) electrons. The molecule has 5 unspecified atom stereocenters.